The summed E-state index contributed by atoms with van der Waals surface area (Å²) >= 11 is 1.16. The monoisotopic (exact) mass is 393 g/mol. The number of aryl methyl sites for hydroxylation is 1. The topological polar surface area (TPSA) is 103 Å². The molecule has 1 aromatic carbocycles. The first-order valence-electron chi connectivity index (χ1n) is 8.40. The van der Waals surface area contributed by atoms with Crippen molar-refractivity contribution in [1.29, 1.82) is 0 Å². The highest BCUT2D eigenvalue weighted by molar-refractivity contribution is 7.99. The number of carbonyl (C=O) groups is 1. The van der Waals surface area contributed by atoms with E-state index in [0.717, 1.165) is 11.8 Å². The summed E-state index contributed by atoms with van der Waals surface area (Å²) in [6, 6.07) is 12.2. The van der Waals surface area contributed by atoms with Gasteiger partial charge in [0.1, 0.15) is 5.76 Å². The van der Waals surface area contributed by atoms with Crippen LogP contribution in [0.15, 0.2) is 69.3 Å². The summed E-state index contributed by atoms with van der Waals surface area (Å²) in [5.74, 6) is 0.721. The number of hydrogen-bond donors (Lipinski definition) is 1. The number of para-hydroxylation sites is 1. The molecule has 4 aromatic rings. The minimum absolute atomic E-state index is 0.0525. The standard InChI is InChI=1S/C19H15N5O3S/c1-12-9-16(23-27-12)22-17(25)11-28-19-21-15-7-3-2-6-14(15)18(26)24(19)13-5-4-8-20-10-13/h2-10H,11H2,1H3,(H,22,23,25). The van der Waals surface area contributed by atoms with E-state index in [0.29, 0.717) is 33.3 Å². The van der Waals surface area contributed by atoms with Crippen LogP contribution in [0.4, 0.5) is 5.82 Å². The van der Waals surface area contributed by atoms with Crippen molar-refractivity contribution in [1.82, 2.24) is 19.7 Å². The Hall–Kier alpha value is -3.46. The predicted molar refractivity (Wildman–Crippen MR) is 106 cm³/mol. The van der Waals surface area contributed by atoms with Gasteiger partial charge in [-0.1, -0.05) is 29.1 Å². The average molecular weight is 393 g/mol. The number of fused-ring (bicyclic) bond motifs is 1. The van der Waals surface area contributed by atoms with Crippen molar-refractivity contribution in [3.05, 3.63) is 71.0 Å². The molecule has 0 fully saturated rings. The Labute approximate surface area is 163 Å². The van der Waals surface area contributed by atoms with Crippen LogP contribution in [-0.4, -0.2) is 31.4 Å². The molecule has 1 amide bonds. The van der Waals surface area contributed by atoms with E-state index < -0.39 is 0 Å². The lowest BCUT2D eigenvalue weighted by atomic mass is 10.2. The second kappa shape index (κ2) is 7.65. The van der Waals surface area contributed by atoms with E-state index in [1.54, 1.807) is 55.7 Å². The molecule has 28 heavy (non-hydrogen) atoms. The van der Waals surface area contributed by atoms with Gasteiger partial charge in [0.2, 0.25) is 5.91 Å². The van der Waals surface area contributed by atoms with Crippen LogP contribution in [0.3, 0.4) is 0 Å². The Morgan fingerprint density at radius 2 is 2.11 bits per heavy atom. The summed E-state index contributed by atoms with van der Waals surface area (Å²) < 4.78 is 6.40. The van der Waals surface area contributed by atoms with Gasteiger partial charge in [-0.25, -0.2) is 4.98 Å². The molecule has 3 heterocycles. The van der Waals surface area contributed by atoms with Gasteiger partial charge < -0.3 is 9.84 Å². The fourth-order valence-corrected chi connectivity index (χ4v) is 3.47. The molecule has 3 aromatic heterocycles. The summed E-state index contributed by atoms with van der Waals surface area (Å²) in [5, 5.41) is 7.29. The maximum Gasteiger partial charge on any atom is 0.266 e. The number of hydrogen-bond acceptors (Lipinski definition) is 7. The van der Waals surface area contributed by atoms with Gasteiger partial charge in [0.25, 0.3) is 5.56 Å². The third-order valence-corrected chi connectivity index (χ3v) is 4.82. The number of nitrogens with one attached hydrogen (secondary N) is 1. The molecular weight excluding hydrogens is 378 g/mol. The molecule has 0 saturated heterocycles. The summed E-state index contributed by atoms with van der Waals surface area (Å²) in [5.41, 5.74) is 0.942. The number of thioether (sulfide) groups is 1. The Morgan fingerprint density at radius 1 is 1.25 bits per heavy atom. The van der Waals surface area contributed by atoms with Crippen molar-refractivity contribution < 1.29 is 9.32 Å². The Kier molecular flexibility index (Phi) is 4.90. The highest BCUT2D eigenvalue weighted by atomic mass is 32.2. The van der Waals surface area contributed by atoms with Crippen LogP contribution in [-0.2, 0) is 4.79 Å². The third-order valence-electron chi connectivity index (χ3n) is 3.88. The van der Waals surface area contributed by atoms with Crippen molar-refractivity contribution in [2.24, 2.45) is 0 Å². The molecule has 0 aliphatic rings. The van der Waals surface area contributed by atoms with Crippen molar-refractivity contribution >= 4 is 34.4 Å². The summed E-state index contributed by atoms with van der Waals surface area (Å²) in [6.07, 6.45) is 3.21. The van der Waals surface area contributed by atoms with E-state index in [4.69, 9.17) is 4.52 Å². The Bertz CT molecular complexity index is 1200. The number of benzene rings is 1. The quantitative estimate of drug-likeness (QED) is 0.411. The fourth-order valence-electron chi connectivity index (χ4n) is 2.66. The smallest absolute Gasteiger partial charge is 0.266 e. The van der Waals surface area contributed by atoms with E-state index in [1.807, 2.05) is 6.07 Å². The lowest BCUT2D eigenvalue weighted by molar-refractivity contribution is -0.113. The van der Waals surface area contributed by atoms with Crippen LogP contribution >= 0.6 is 11.8 Å². The number of rotatable bonds is 5. The molecule has 0 aliphatic heterocycles. The van der Waals surface area contributed by atoms with Crippen LogP contribution < -0.4 is 10.9 Å². The zero-order valence-corrected chi connectivity index (χ0v) is 15.6. The van der Waals surface area contributed by atoms with E-state index in [9.17, 15) is 9.59 Å². The van der Waals surface area contributed by atoms with Gasteiger partial charge in [0, 0.05) is 12.3 Å². The molecule has 4 rings (SSSR count). The molecule has 0 spiro atoms. The summed E-state index contributed by atoms with van der Waals surface area (Å²) in [7, 11) is 0. The summed E-state index contributed by atoms with van der Waals surface area (Å²) in [4.78, 5) is 34.0. The third kappa shape index (κ3) is 3.65. The van der Waals surface area contributed by atoms with Gasteiger partial charge in [-0.15, -0.1) is 0 Å². The molecular formula is C19H15N5O3S. The van der Waals surface area contributed by atoms with E-state index in [2.05, 4.69) is 20.4 Å². The zero-order valence-electron chi connectivity index (χ0n) is 14.8. The highest BCUT2D eigenvalue weighted by Gasteiger charge is 2.15. The van der Waals surface area contributed by atoms with E-state index in [1.165, 1.54) is 4.57 Å². The van der Waals surface area contributed by atoms with Crippen molar-refractivity contribution in [2.45, 2.75) is 12.1 Å². The number of aromatic nitrogens is 4. The van der Waals surface area contributed by atoms with E-state index in [-0.39, 0.29) is 17.2 Å². The lowest BCUT2D eigenvalue weighted by Crippen LogP contribution is -2.23. The Balaban J connectivity index is 1.67. The SMILES string of the molecule is Cc1cc(NC(=O)CSc2nc3ccccc3c(=O)n2-c2cccnc2)no1. The van der Waals surface area contributed by atoms with E-state index >= 15 is 0 Å². The van der Waals surface area contributed by atoms with Gasteiger partial charge >= 0.3 is 0 Å². The molecule has 8 nitrogen and oxygen atoms in total. The van der Waals surface area contributed by atoms with Crippen molar-refractivity contribution in [2.75, 3.05) is 11.1 Å². The van der Waals surface area contributed by atoms with Crippen LogP contribution in [0.25, 0.3) is 16.6 Å². The number of nitrogens with zero attached hydrogens (tertiary/aromatic N) is 4. The maximum absolute atomic E-state index is 13.0. The minimum Gasteiger partial charge on any atom is -0.360 e. The van der Waals surface area contributed by atoms with Crippen LogP contribution in [0.2, 0.25) is 0 Å². The van der Waals surface area contributed by atoms with Crippen LogP contribution in [0.5, 0.6) is 0 Å². The first-order chi connectivity index (χ1) is 13.6. The van der Waals surface area contributed by atoms with Gasteiger partial charge in [-0.2, -0.15) is 0 Å². The van der Waals surface area contributed by atoms with Gasteiger partial charge in [-0.05, 0) is 31.2 Å². The number of pyridine rings is 1. The first-order valence-corrected chi connectivity index (χ1v) is 9.38. The zero-order chi connectivity index (χ0) is 19.5. The number of carbonyl (C=O) groups excluding carboxylic acids is 1. The normalized spacial score (nSPS) is 10.9. The lowest BCUT2D eigenvalue weighted by Gasteiger charge is -2.12. The summed E-state index contributed by atoms with van der Waals surface area (Å²) in [6.45, 7) is 1.74. The van der Waals surface area contributed by atoms with Crippen LogP contribution in [0, 0.1) is 6.92 Å². The highest BCUT2D eigenvalue weighted by Crippen LogP contribution is 2.21. The van der Waals surface area contributed by atoms with Gasteiger partial charge in [-0.3, -0.25) is 19.1 Å². The van der Waals surface area contributed by atoms with Crippen molar-refractivity contribution in [3.63, 3.8) is 0 Å². The Morgan fingerprint density at radius 3 is 2.86 bits per heavy atom. The molecule has 140 valence electrons. The molecule has 0 radical (unpaired) electrons. The predicted octanol–water partition coefficient (Wildman–Crippen LogP) is 2.81. The molecule has 0 aliphatic carbocycles. The fraction of sp³-hybridized carbons (Fsp3) is 0.105. The molecule has 0 saturated carbocycles. The minimum atomic E-state index is -0.279. The second-order valence-electron chi connectivity index (χ2n) is 5.92. The molecule has 0 atom stereocenters. The maximum atomic E-state index is 13.0. The van der Waals surface area contributed by atoms with Crippen molar-refractivity contribution in [3.8, 4) is 5.69 Å². The average Bonchev–Trinajstić information content (AvgIpc) is 3.11. The molecule has 0 unspecified atom stereocenters. The molecule has 0 bridgehead atoms. The number of amides is 1. The second-order valence-corrected chi connectivity index (χ2v) is 6.87. The van der Waals surface area contributed by atoms with Gasteiger partial charge in [0.05, 0.1) is 28.5 Å². The van der Waals surface area contributed by atoms with Crippen LogP contribution in [0.1, 0.15) is 5.76 Å². The number of anilines is 1. The largest absolute Gasteiger partial charge is 0.360 e. The first kappa shape index (κ1) is 17.9. The molecule has 1 N–H and O–H groups in total. The molecule has 9 heteroatoms. The van der Waals surface area contributed by atoms with Gasteiger partial charge in [0.15, 0.2) is 11.0 Å².